The van der Waals surface area contributed by atoms with Crippen LogP contribution in [0.4, 0.5) is 0 Å². The number of carbonyl (C=O) groups is 1. The van der Waals surface area contributed by atoms with Crippen molar-refractivity contribution >= 4 is 27.7 Å². The molecule has 0 saturated heterocycles. The van der Waals surface area contributed by atoms with Crippen LogP contribution in [0.5, 0.6) is 0 Å². The number of benzene rings is 1. The van der Waals surface area contributed by atoms with Crippen LogP contribution in [0.1, 0.15) is 16.1 Å². The van der Waals surface area contributed by atoms with Crippen molar-refractivity contribution in [3.8, 4) is 0 Å². The zero-order valence-electron chi connectivity index (χ0n) is 6.97. The number of hydrogen-bond acceptors (Lipinski definition) is 2. The average Bonchev–Trinajstić information content (AvgIpc) is 2.47. The molecule has 0 bridgehead atoms. The Morgan fingerprint density at radius 2 is 2.31 bits per heavy atom. The first-order chi connectivity index (χ1) is 6.18. The van der Waals surface area contributed by atoms with Gasteiger partial charge in [0.15, 0.2) is 0 Å². The largest absolute Gasteiger partial charge is 0.278 e. The van der Waals surface area contributed by atoms with Gasteiger partial charge in [-0.15, -0.1) is 0 Å². The lowest BCUT2D eigenvalue weighted by Crippen LogP contribution is -1.87. The van der Waals surface area contributed by atoms with E-state index < -0.39 is 5.24 Å². The van der Waals surface area contributed by atoms with Gasteiger partial charge in [0.25, 0.3) is 5.24 Å². The molecule has 66 valence electrons. The number of nitrogens with zero attached hydrogens (tertiary/aromatic N) is 1. The average molecular weight is 195 g/mol. The normalized spacial score (nSPS) is 10.6. The van der Waals surface area contributed by atoms with Crippen molar-refractivity contribution in [2.45, 2.75) is 6.92 Å². The topological polar surface area (TPSA) is 45.8 Å². The Labute approximate surface area is 79.7 Å². The summed E-state index contributed by atoms with van der Waals surface area (Å²) in [6.07, 6.45) is 0. The summed E-state index contributed by atoms with van der Waals surface area (Å²) in [6, 6.07) is 5.23. The number of aromatic nitrogens is 2. The fourth-order valence-electron chi connectivity index (χ4n) is 1.28. The fraction of sp³-hybridized carbons (Fsp3) is 0.111. The summed E-state index contributed by atoms with van der Waals surface area (Å²) >= 11 is 5.34. The number of hydrogen-bond donors (Lipinski definition) is 1. The van der Waals surface area contributed by atoms with Crippen LogP contribution in [0.15, 0.2) is 18.2 Å². The molecule has 0 atom stereocenters. The van der Waals surface area contributed by atoms with Gasteiger partial charge in [-0.05, 0) is 30.7 Å². The van der Waals surface area contributed by atoms with Gasteiger partial charge in [0.05, 0.1) is 11.2 Å². The highest BCUT2D eigenvalue weighted by molar-refractivity contribution is 6.67. The van der Waals surface area contributed by atoms with E-state index in [0.717, 1.165) is 16.6 Å². The monoisotopic (exact) mass is 194 g/mol. The number of halogens is 1. The molecule has 0 aliphatic heterocycles. The van der Waals surface area contributed by atoms with E-state index in [0.29, 0.717) is 5.56 Å². The second kappa shape index (κ2) is 2.85. The number of carbonyl (C=O) groups excluding carboxylic acids is 1. The third-order valence-electron chi connectivity index (χ3n) is 1.98. The molecule has 3 nitrogen and oxygen atoms in total. The number of rotatable bonds is 1. The standard InChI is InChI=1S/C9H7ClN2O/c1-5-7-3-2-6(9(10)13)4-8(7)12-11-5/h2-4H,1H3,(H,11,12). The first kappa shape index (κ1) is 8.26. The van der Waals surface area contributed by atoms with Crippen molar-refractivity contribution in [1.29, 1.82) is 0 Å². The Kier molecular flexibility index (Phi) is 1.81. The molecule has 1 aromatic carbocycles. The Hall–Kier alpha value is -1.35. The Bertz CT molecular complexity index is 475. The van der Waals surface area contributed by atoms with Gasteiger partial charge in [-0.1, -0.05) is 6.07 Å². The highest BCUT2D eigenvalue weighted by atomic mass is 35.5. The van der Waals surface area contributed by atoms with Gasteiger partial charge < -0.3 is 0 Å². The van der Waals surface area contributed by atoms with Crippen molar-refractivity contribution in [1.82, 2.24) is 10.2 Å². The summed E-state index contributed by atoms with van der Waals surface area (Å²) in [4.78, 5) is 10.8. The summed E-state index contributed by atoms with van der Waals surface area (Å²) in [5, 5.41) is 7.40. The number of fused-ring (bicyclic) bond motifs is 1. The number of aryl methyl sites for hydroxylation is 1. The SMILES string of the molecule is Cc1n[nH]c2cc(C(=O)Cl)ccc12. The molecule has 1 N–H and O–H groups in total. The third kappa shape index (κ3) is 1.31. The molecule has 0 saturated carbocycles. The summed E-state index contributed by atoms with van der Waals surface area (Å²) in [7, 11) is 0. The van der Waals surface area contributed by atoms with Gasteiger partial charge in [0.1, 0.15) is 0 Å². The minimum absolute atomic E-state index is 0.450. The van der Waals surface area contributed by atoms with Crippen LogP contribution in [0.2, 0.25) is 0 Å². The molecule has 0 unspecified atom stereocenters. The maximum Gasteiger partial charge on any atom is 0.252 e. The van der Waals surface area contributed by atoms with Crippen LogP contribution < -0.4 is 0 Å². The number of nitrogens with one attached hydrogen (secondary N) is 1. The van der Waals surface area contributed by atoms with Crippen LogP contribution in [0.3, 0.4) is 0 Å². The van der Waals surface area contributed by atoms with E-state index >= 15 is 0 Å². The summed E-state index contributed by atoms with van der Waals surface area (Å²) in [6.45, 7) is 1.90. The molecule has 0 radical (unpaired) electrons. The highest BCUT2D eigenvalue weighted by Crippen LogP contribution is 2.17. The lowest BCUT2D eigenvalue weighted by molar-refractivity contribution is 0.108. The van der Waals surface area contributed by atoms with Gasteiger partial charge in [-0.25, -0.2) is 0 Å². The molecular weight excluding hydrogens is 188 g/mol. The number of H-pyrrole nitrogens is 1. The molecule has 2 rings (SSSR count). The zero-order valence-corrected chi connectivity index (χ0v) is 7.72. The molecule has 1 aromatic heterocycles. The van der Waals surface area contributed by atoms with Crippen LogP contribution >= 0.6 is 11.6 Å². The maximum atomic E-state index is 10.8. The van der Waals surface area contributed by atoms with E-state index in [4.69, 9.17) is 11.6 Å². The van der Waals surface area contributed by atoms with Crippen LogP contribution in [0.25, 0.3) is 10.9 Å². The predicted molar refractivity (Wildman–Crippen MR) is 51.0 cm³/mol. The quantitative estimate of drug-likeness (QED) is 0.708. The Balaban J connectivity index is 2.70. The summed E-state index contributed by atoms with van der Waals surface area (Å²) < 4.78 is 0. The summed E-state index contributed by atoms with van der Waals surface area (Å²) in [5.41, 5.74) is 2.24. The molecular formula is C9H7ClN2O. The minimum atomic E-state index is -0.450. The van der Waals surface area contributed by atoms with Crippen molar-refractivity contribution in [3.05, 3.63) is 29.5 Å². The lowest BCUT2D eigenvalue weighted by atomic mass is 10.1. The molecule has 4 heteroatoms. The lowest BCUT2D eigenvalue weighted by Gasteiger charge is -1.93. The molecule has 0 aliphatic carbocycles. The molecule has 2 aromatic rings. The molecule has 1 heterocycles. The fourth-order valence-corrected chi connectivity index (χ4v) is 1.40. The minimum Gasteiger partial charge on any atom is -0.278 e. The molecule has 13 heavy (non-hydrogen) atoms. The van der Waals surface area contributed by atoms with Gasteiger partial charge >= 0.3 is 0 Å². The van der Waals surface area contributed by atoms with E-state index in [1.165, 1.54) is 0 Å². The number of aromatic amines is 1. The van der Waals surface area contributed by atoms with E-state index in [2.05, 4.69) is 10.2 Å². The van der Waals surface area contributed by atoms with Crippen molar-refractivity contribution < 1.29 is 4.79 Å². The molecule has 0 amide bonds. The first-order valence-corrected chi connectivity index (χ1v) is 4.21. The van der Waals surface area contributed by atoms with Gasteiger partial charge in [0.2, 0.25) is 0 Å². The molecule has 0 aliphatic rings. The summed E-state index contributed by atoms with van der Waals surface area (Å²) in [5.74, 6) is 0. The van der Waals surface area contributed by atoms with E-state index in [9.17, 15) is 4.79 Å². The van der Waals surface area contributed by atoms with Crippen LogP contribution in [0, 0.1) is 6.92 Å². The van der Waals surface area contributed by atoms with Gasteiger partial charge in [-0.2, -0.15) is 5.10 Å². The van der Waals surface area contributed by atoms with Crippen molar-refractivity contribution in [2.75, 3.05) is 0 Å². The first-order valence-electron chi connectivity index (χ1n) is 3.83. The van der Waals surface area contributed by atoms with Crippen molar-refractivity contribution in [3.63, 3.8) is 0 Å². The Morgan fingerprint density at radius 3 is 3.00 bits per heavy atom. The van der Waals surface area contributed by atoms with Gasteiger partial charge in [-0.3, -0.25) is 9.89 Å². The molecule has 0 fully saturated rings. The molecule has 0 spiro atoms. The third-order valence-corrected chi connectivity index (χ3v) is 2.20. The second-order valence-electron chi connectivity index (χ2n) is 2.84. The highest BCUT2D eigenvalue weighted by Gasteiger charge is 2.05. The second-order valence-corrected chi connectivity index (χ2v) is 3.19. The van der Waals surface area contributed by atoms with E-state index in [1.807, 2.05) is 13.0 Å². The zero-order chi connectivity index (χ0) is 9.42. The van der Waals surface area contributed by atoms with E-state index in [-0.39, 0.29) is 0 Å². The van der Waals surface area contributed by atoms with Crippen molar-refractivity contribution in [2.24, 2.45) is 0 Å². The maximum absolute atomic E-state index is 10.8. The predicted octanol–water partition coefficient (Wildman–Crippen LogP) is 2.25. The van der Waals surface area contributed by atoms with Gasteiger partial charge in [0, 0.05) is 10.9 Å². The van der Waals surface area contributed by atoms with Crippen LogP contribution in [-0.2, 0) is 0 Å². The Morgan fingerprint density at radius 1 is 1.54 bits per heavy atom. The van der Waals surface area contributed by atoms with Crippen LogP contribution in [-0.4, -0.2) is 15.4 Å². The smallest absolute Gasteiger partial charge is 0.252 e. The van der Waals surface area contributed by atoms with E-state index in [1.54, 1.807) is 12.1 Å².